The summed E-state index contributed by atoms with van der Waals surface area (Å²) < 4.78 is 43.9. The van der Waals surface area contributed by atoms with Gasteiger partial charge in [0.1, 0.15) is 16.3 Å². The minimum absolute atomic E-state index is 0.159. The Morgan fingerprint density at radius 1 is 1.23 bits per heavy atom. The number of carbonyl (C=O) groups is 2. The van der Waals surface area contributed by atoms with Gasteiger partial charge in [0.25, 0.3) is 5.56 Å². The van der Waals surface area contributed by atoms with Crippen LogP contribution in [0.1, 0.15) is 27.7 Å². The van der Waals surface area contributed by atoms with Crippen LogP contribution in [0, 0.1) is 6.92 Å². The molecule has 3 rings (SSSR count). The molecule has 0 saturated heterocycles. The molecular formula is C19H16F3N3O4S. The van der Waals surface area contributed by atoms with Gasteiger partial charge in [-0.25, -0.2) is 9.78 Å². The minimum Gasteiger partial charge on any atom is -0.462 e. The van der Waals surface area contributed by atoms with E-state index >= 15 is 0 Å². The lowest BCUT2D eigenvalue weighted by Gasteiger charge is -2.09. The predicted molar refractivity (Wildman–Crippen MR) is 105 cm³/mol. The van der Waals surface area contributed by atoms with E-state index in [1.807, 2.05) is 0 Å². The Morgan fingerprint density at radius 2 is 1.90 bits per heavy atom. The van der Waals surface area contributed by atoms with E-state index in [4.69, 9.17) is 4.74 Å². The molecule has 0 fully saturated rings. The van der Waals surface area contributed by atoms with Crippen LogP contribution in [0.3, 0.4) is 0 Å². The fourth-order valence-electron chi connectivity index (χ4n) is 2.76. The zero-order valence-corrected chi connectivity index (χ0v) is 16.7. The molecule has 0 aliphatic heterocycles. The van der Waals surface area contributed by atoms with E-state index in [0.29, 0.717) is 10.4 Å². The molecule has 0 atom stereocenters. The van der Waals surface area contributed by atoms with Gasteiger partial charge in [-0.15, -0.1) is 11.3 Å². The van der Waals surface area contributed by atoms with Crippen molar-refractivity contribution in [3.8, 4) is 0 Å². The van der Waals surface area contributed by atoms with E-state index in [9.17, 15) is 27.6 Å². The maximum absolute atomic E-state index is 12.8. The molecule has 2 aromatic heterocycles. The lowest BCUT2D eigenvalue weighted by Crippen LogP contribution is -2.28. The molecule has 0 radical (unpaired) electrons. The summed E-state index contributed by atoms with van der Waals surface area (Å²) in [5.41, 5.74) is -0.765. The highest BCUT2D eigenvalue weighted by atomic mass is 32.1. The lowest BCUT2D eigenvalue weighted by atomic mass is 10.2. The second-order valence-corrected chi connectivity index (χ2v) is 7.26. The number of nitrogens with zero attached hydrogens (tertiary/aromatic N) is 2. The van der Waals surface area contributed by atoms with Crippen molar-refractivity contribution in [1.82, 2.24) is 9.55 Å². The molecule has 2 heterocycles. The van der Waals surface area contributed by atoms with Gasteiger partial charge < -0.3 is 10.1 Å². The molecule has 1 aromatic carbocycles. The van der Waals surface area contributed by atoms with Gasteiger partial charge in [-0.3, -0.25) is 14.2 Å². The van der Waals surface area contributed by atoms with Crippen LogP contribution in [-0.4, -0.2) is 28.0 Å². The van der Waals surface area contributed by atoms with Crippen molar-refractivity contribution in [2.75, 3.05) is 11.9 Å². The van der Waals surface area contributed by atoms with Crippen molar-refractivity contribution in [2.24, 2.45) is 0 Å². The Balaban J connectivity index is 1.81. The van der Waals surface area contributed by atoms with Crippen molar-refractivity contribution in [1.29, 1.82) is 0 Å². The molecule has 1 amide bonds. The number of esters is 1. The van der Waals surface area contributed by atoms with Crippen LogP contribution in [0.15, 0.2) is 35.4 Å². The van der Waals surface area contributed by atoms with Crippen molar-refractivity contribution in [3.63, 3.8) is 0 Å². The van der Waals surface area contributed by atoms with Gasteiger partial charge in [-0.1, -0.05) is 0 Å². The Labute approximate surface area is 172 Å². The molecule has 0 spiro atoms. The van der Waals surface area contributed by atoms with Crippen molar-refractivity contribution >= 4 is 39.1 Å². The first kappa shape index (κ1) is 21.5. The van der Waals surface area contributed by atoms with Gasteiger partial charge in [0, 0.05) is 5.69 Å². The Kier molecular flexibility index (Phi) is 5.92. The first-order valence-electron chi connectivity index (χ1n) is 8.74. The second kappa shape index (κ2) is 8.27. The summed E-state index contributed by atoms with van der Waals surface area (Å²) >= 11 is 1.03. The number of fused-ring (bicyclic) bond motifs is 1. The highest BCUT2D eigenvalue weighted by Gasteiger charge is 2.30. The third kappa shape index (κ3) is 4.35. The van der Waals surface area contributed by atoms with E-state index in [0.717, 1.165) is 40.2 Å². The van der Waals surface area contributed by atoms with Gasteiger partial charge in [-0.05, 0) is 43.7 Å². The summed E-state index contributed by atoms with van der Waals surface area (Å²) in [5, 5.41) is 2.65. The smallest absolute Gasteiger partial charge is 0.416 e. The third-order valence-corrected chi connectivity index (χ3v) is 5.37. The number of benzene rings is 1. The summed E-state index contributed by atoms with van der Waals surface area (Å²) in [5.74, 6) is -1.17. The number of aromatic nitrogens is 2. The van der Waals surface area contributed by atoms with Crippen LogP contribution in [0.25, 0.3) is 10.2 Å². The summed E-state index contributed by atoms with van der Waals surface area (Å²) in [7, 11) is 0. The maximum atomic E-state index is 12.8. The van der Waals surface area contributed by atoms with Gasteiger partial charge in [-0.2, -0.15) is 13.2 Å². The number of carbonyl (C=O) groups excluding carboxylic acids is 2. The molecule has 158 valence electrons. The standard InChI is InChI=1S/C19H16F3N3O4S/c1-3-29-18(28)15-10(2)14-16(30-15)23-9-25(17(14)27)8-13(26)24-12-6-4-11(5-7-12)19(20,21)22/h4-7,9H,3,8H2,1-2H3,(H,24,26). The van der Waals surface area contributed by atoms with Crippen LogP contribution in [-0.2, 0) is 22.3 Å². The number of rotatable bonds is 5. The average Bonchev–Trinajstić information content (AvgIpc) is 3.01. The maximum Gasteiger partial charge on any atom is 0.416 e. The quantitative estimate of drug-likeness (QED) is 0.614. The molecule has 0 bridgehead atoms. The molecule has 7 nitrogen and oxygen atoms in total. The zero-order valence-electron chi connectivity index (χ0n) is 15.9. The molecular weight excluding hydrogens is 423 g/mol. The Morgan fingerprint density at radius 3 is 2.50 bits per heavy atom. The van der Waals surface area contributed by atoms with Crippen LogP contribution in [0.5, 0.6) is 0 Å². The van der Waals surface area contributed by atoms with Gasteiger partial charge in [0.15, 0.2) is 0 Å². The Hall–Kier alpha value is -3.21. The minimum atomic E-state index is -4.47. The zero-order chi connectivity index (χ0) is 22.1. The van der Waals surface area contributed by atoms with E-state index in [1.54, 1.807) is 13.8 Å². The summed E-state index contributed by atoms with van der Waals surface area (Å²) in [6.07, 6.45) is -3.29. The number of halogens is 3. The molecule has 0 unspecified atom stereocenters. The van der Waals surface area contributed by atoms with Crippen molar-refractivity contribution in [3.05, 3.63) is 57.0 Å². The fraction of sp³-hybridized carbons (Fsp3) is 0.263. The molecule has 0 saturated carbocycles. The highest BCUT2D eigenvalue weighted by molar-refractivity contribution is 7.20. The number of anilines is 1. The first-order chi connectivity index (χ1) is 14.1. The summed E-state index contributed by atoms with van der Waals surface area (Å²) in [4.78, 5) is 41.8. The van der Waals surface area contributed by atoms with Crippen LogP contribution < -0.4 is 10.9 Å². The highest BCUT2D eigenvalue weighted by Crippen LogP contribution is 2.30. The molecule has 0 aliphatic rings. The van der Waals surface area contributed by atoms with Crippen LogP contribution >= 0.6 is 11.3 Å². The predicted octanol–water partition coefficient (Wildman–Crippen LogP) is 3.60. The number of ether oxygens (including phenoxy) is 1. The van der Waals surface area contributed by atoms with E-state index in [-0.39, 0.29) is 22.6 Å². The number of hydrogen-bond donors (Lipinski definition) is 1. The topological polar surface area (TPSA) is 90.3 Å². The number of thiophene rings is 1. The van der Waals surface area contributed by atoms with Crippen molar-refractivity contribution < 1.29 is 27.5 Å². The molecule has 1 N–H and O–H groups in total. The number of aryl methyl sites for hydroxylation is 1. The molecule has 11 heteroatoms. The fourth-order valence-corrected chi connectivity index (χ4v) is 3.79. The second-order valence-electron chi connectivity index (χ2n) is 6.26. The van der Waals surface area contributed by atoms with E-state index in [2.05, 4.69) is 10.3 Å². The van der Waals surface area contributed by atoms with E-state index < -0.39 is 35.7 Å². The van der Waals surface area contributed by atoms with E-state index in [1.165, 1.54) is 6.33 Å². The van der Waals surface area contributed by atoms with Gasteiger partial charge >= 0.3 is 12.1 Å². The molecule has 0 aliphatic carbocycles. The van der Waals surface area contributed by atoms with Crippen LogP contribution in [0.4, 0.5) is 18.9 Å². The first-order valence-corrected chi connectivity index (χ1v) is 9.56. The summed E-state index contributed by atoms with van der Waals surface area (Å²) in [6.45, 7) is 3.06. The van der Waals surface area contributed by atoms with Gasteiger partial charge in [0.2, 0.25) is 5.91 Å². The van der Waals surface area contributed by atoms with Gasteiger partial charge in [0.05, 0.1) is 23.9 Å². The summed E-state index contributed by atoms with van der Waals surface area (Å²) in [6, 6.07) is 3.95. The van der Waals surface area contributed by atoms with Crippen LogP contribution in [0.2, 0.25) is 0 Å². The molecule has 30 heavy (non-hydrogen) atoms. The lowest BCUT2D eigenvalue weighted by molar-refractivity contribution is -0.137. The van der Waals surface area contributed by atoms with Crippen molar-refractivity contribution in [2.45, 2.75) is 26.6 Å². The number of alkyl halides is 3. The molecule has 3 aromatic rings. The number of nitrogens with one attached hydrogen (secondary N) is 1. The monoisotopic (exact) mass is 439 g/mol. The number of amides is 1. The largest absolute Gasteiger partial charge is 0.462 e. The third-order valence-electron chi connectivity index (χ3n) is 4.19. The average molecular weight is 439 g/mol. The Bertz CT molecular complexity index is 1170. The number of hydrogen-bond acceptors (Lipinski definition) is 6. The SMILES string of the molecule is CCOC(=O)c1sc2ncn(CC(=O)Nc3ccc(C(F)(F)F)cc3)c(=O)c2c1C. The normalized spacial score (nSPS) is 11.5.